The van der Waals surface area contributed by atoms with E-state index in [9.17, 15) is 14.4 Å². The van der Waals surface area contributed by atoms with Gasteiger partial charge in [-0.15, -0.1) is 0 Å². The first kappa shape index (κ1) is 21.7. The third-order valence-electron chi connectivity index (χ3n) is 6.43. The number of H-pyrrole nitrogens is 1. The minimum Gasteiger partial charge on any atom is -0.468 e. The Morgan fingerprint density at radius 1 is 1.18 bits per heavy atom. The predicted molar refractivity (Wildman–Crippen MR) is 122 cm³/mol. The number of rotatable bonds is 3. The number of ether oxygens (including phenoxy) is 1. The molecule has 9 nitrogen and oxygen atoms in total. The van der Waals surface area contributed by atoms with E-state index in [1.165, 1.54) is 12.0 Å². The molecule has 2 aliphatic heterocycles. The number of halogens is 2. The van der Waals surface area contributed by atoms with Gasteiger partial charge in [0.1, 0.15) is 17.8 Å². The van der Waals surface area contributed by atoms with Crippen LogP contribution in [-0.4, -0.2) is 64.6 Å². The van der Waals surface area contributed by atoms with Crippen LogP contribution in [0.1, 0.15) is 28.9 Å². The lowest BCUT2D eigenvalue weighted by Crippen LogP contribution is -2.51. The summed E-state index contributed by atoms with van der Waals surface area (Å²) in [7, 11) is 1.27. The van der Waals surface area contributed by atoms with Gasteiger partial charge in [-0.2, -0.15) is 5.10 Å². The fourth-order valence-corrected chi connectivity index (χ4v) is 5.21. The molecule has 5 rings (SSSR count). The highest BCUT2D eigenvalue weighted by atomic mass is 35.5. The van der Waals surface area contributed by atoms with Crippen LogP contribution in [0.3, 0.4) is 0 Å². The summed E-state index contributed by atoms with van der Waals surface area (Å²) in [5, 5.41) is 7.36. The van der Waals surface area contributed by atoms with Gasteiger partial charge in [-0.05, 0) is 37.1 Å². The van der Waals surface area contributed by atoms with Crippen LogP contribution >= 0.6 is 23.2 Å². The van der Waals surface area contributed by atoms with Gasteiger partial charge in [0.2, 0.25) is 5.91 Å². The largest absolute Gasteiger partial charge is 0.468 e. The van der Waals surface area contributed by atoms with E-state index in [4.69, 9.17) is 27.9 Å². The van der Waals surface area contributed by atoms with Crippen molar-refractivity contribution in [1.29, 1.82) is 0 Å². The molecule has 0 unspecified atom stereocenters. The maximum atomic E-state index is 13.6. The van der Waals surface area contributed by atoms with Gasteiger partial charge < -0.3 is 14.5 Å². The van der Waals surface area contributed by atoms with Crippen molar-refractivity contribution >= 4 is 57.7 Å². The molecule has 2 amide bonds. The number of piperidine rings is 1. The predicted octanol–water partition coefficient (Wildman–Crippen LogP) is 2.96. The second-order valence-corrected chi connectivity index (χ2v) is 8.88. The van der Waals surface area contributed by atoms with E-state index in [0.717, 1.165) is 5.52 Å². The number of esters is 1. The summed E-state index contributed by atoms with van der Waals surface area (Å²) < 4.78 is 4.77. The van der Waals surface area contributed by atoms with Gasteiger partial charge in [0, 0.05) is 18.7 Å². The number of fused-ring (bicyclic) bond motifs is 3. The highest BCUT2D eigenvalue weighted by molar-refractivity contribution is 6.43. The van der Waals surface area contributed by atoms with Gasteiger partial charge in [0.15, 0.2) is 0 Å². The van der Waals surface area contributed by atoms with Gasteiger partial charge in [0.05, 0.1) is 40.0 Å². The number of carbonyl (C=O) groups is 3. The van der Waals surface area contributed by atoms with Crippen molar-refractivity contribution in [2.45, 2.75) is 18.3 Å². The third kappa shape index (κ3) is 3.34. The zero-order chi connectivity index (χ0) is 23.3. The van der Waals surface area contributed by atoms with E-state index in [1.54, 1.807) is 35.4 Å². The van der Waals surface area contributed by atoms with Gasteiger partial charge in [-0.3, -0.25) is 19.5 Å². The average Bonchev–Trinajstić information content (AvgIpc) is 3.38. The summed E-state index contributed by atoms with van der Waals surface area (Å²) in [5.41, 5.74) is 1.85. The van der Waals surface area contributed by atoms with Crippen LogP contribution in [0.25, 0.3) is 11.0 Å². The Bertz CT molecular complexity index is 1300. The molecular weight excluding hydrogens is 469 g/mol. The number of carbonyl (C=O) groups excluding carboxylic acids is 3. The van der Waals surface area contributed by atoms with E-state index >= 15 is 0 Å². The lowest BCUT2D eigenvalue weighted by Gasteiger charge is -2.38. The molecule has 0 bridgehead atoms. The van der Waals surface area contributed by atoms with E-state index in [1.807, 2.05) is 0 Å². The number of nitrogens with zero attached hydrogens (tertiary/aromatic N) is 4. The molecule has 0 atom stereocenters. The number of likely N-dealkylation sites (tertiary alicyclic amines) is 1. The maximum absolute atomic E-state index is 13.6. The van der Waals surface area contributed by atoms with Gasteiger partial charge in [-0.1, -0.05) is 23.2 Å². The molecule has 3 aromatic rings. The van der Waals surface area contributed by atoms with Crippen LogP contribution in [-0.2, 0) is 19.7 Å². The van der Waals surface area contributed by atoms with Crippen molar-refractivity contribution in [3.05, 3.63) is 51.8 Å². The van der Waals surface area contributed by atoms with Crippen molar-refractivity contribution in [1.82, 2.24) is 20.1 Å². The van der Waals surface area contributed by atoms with E-state index in [-0.39, 0.29) is 18.4 Å². The molecule has 1 aromatic carbocycles. The Labute approximate surface area is 198 Å². The Morgan fingerprint density at radius 3 is 2.67 bits per heavy atom. The van der Waals surface area contributed by atoms with E-state index < -0.39 is 11.4 Å². The lowest BCUT2D eigenvalue weighted by molar-refractivity contribution is -0.140. The molecule has 0 aliphatic carbocycles. The van der Waals surface area contributed by atoms with Crippen LogP contribution in [0.2, 0.25) is 10.0 Å². The summed E-state index contributed by atoms with van der Waals surface area (Å²) in [5.74, 6) is -0.995. The van der Waals surface area contributed by atoms with Crippen LogP contribution in [0, 0.1) is 0 Å². The Balaban J connectivity index is 1.44. The van der Waals surface area contributed by atoms with Crippen LogP contribution in [0.5, 0.6) is 0 Å². The van der Waals surface area contributed by atoms with Gasteiger partial charge in [0.25, 0.3) is 5.91 Å². The standard InChI is InChI=1S/C22H19Cl2N5O4/c1-33-17(30)11-29-16-5-2-12(23)19(24)18(16)22(21(29)32)6-8-28(9-7-22)20(31)14-4-3-13-15(26-14)10-25-27-13/h2-5,10H,6-9,11H2,1H3,(H,25,27). The maximum Gasteiger partial charge on any atom is 0.325 e. The molecule has 1 saturated heterocycles. The molecular formula is C22H19Cl2N5O4. The second kappa shape index (κ2) is 8.00. The lowest BCUT2D eigenvalue weighted by atomic mass is 9.73. The number of methoxy groups -OCH3 is 1. The average molecular weight is 488 g/mol. The van der Waals surface area contributed by atoms with Gasteiger partial charge >= 0.3 is 5.97 Å². The molecule has 1 N–H and O–H groups in total. The summed E-state index contributed by atoms with van der Waals surface area (Å²) in [6.45, 7) is 0.424. The number of hydrogen-bond donors (Lipinski definition) is 1. The zero-order valence-corrected chi connectivity index (χ0v) is 19.1. The fourth-order valence-electron chi connectivity index (χ4n) is 4.71. The summed E-state index contributed by atoms with van der Waals surface area (Å²) >= 11 is 12.9. The van der Waals surface area contributed by atoms with Gasteiger partial charge in [-0.25, -0.2) is 4.98 Å². The normalized spacial score (nSPS) is 17.0. The quantitative estimate of drug-likeness (QED) is 0.568. The summed E-state index contributed by atoms with van der Waals surface area (Å²) in [6.07, 6.45) is 2.25. The monoisotopic (exact) mass is 487 g/mol. The fraction of sp³-hybridized carbons (Fsp3) is 0.318. The number of amides is 2. The molecule has 170 valence electrons. The molecule has 4 heterocycles. The van der Waals surface area contributed by atoms with Crippen molar-refractivity contribution in [2.24, 2.45) is 0 Å². The van der Waals surface area contributed by atoms with Crippen LogP contribution in [0.15, 0.2) is 30.5 Å². The van der Waals surface area contributed by atoms with Crippen LogP contribution in [0.4, 0.5) is 5.69 Å². The Morgan fingerprint density at radius 2 is 1.94 bits per heavy atom. The molecule has 1 fully saturated rings. The van der Waals surface area contributed by atoms with Crippen molar-refractivity contribution in [3.63, 3.8) is 0 Å². The number of hydrogen-bond acceptors (Lipinski definition) is 6. The molecule has 2 aromatic heterocycles. The molecule has 0 radical (unpaired) electrons. The number of aromatic amines is 1. The molecule has 33 heavy (non-hydrogen) atoms. The van der Waals surface area contributed by atoms with Crippen molar-refractivity contribution in [3.8, 4) is 0 Å². The minimum absolute atomic E-state index is 0.220. The highest BCUT2D eigenvalue weighted by Crippen LogP contribution is 2.52. The van der Waals surface area contributed by atoms with Crippen molar-refractivity contribution < 1.29 is 19.1 Å². The molecule has 0 saturated carbocycles. The first-order valence-electron chi connectivity index (χ1n) is 10.3. The number of aromatic nitrogens is 3. The zero-order valence-electron chi connectivity index (χ0n) is 17.6. The first-order chi connectivity index (χ1) is 15.9. The highest BCUT2D eigenvalue weighted by Gasteiger charge is 2.54. The SMILES string of the molecule is COC(=O)CN1C(=O)C2(CCN(C(=O)c3ccc4[nH]ncc4n3)CC2)c2c1ccc(Cl)c2Cl. The number of nitrogens with one attached hydrogen (secondary N) is 1. The Kier molecular flexibility index (Phi) is 5.25. The molecule has 1 spiro atoms. The van der Waals surface area contributed by atoms with Crippen molar-refractivity contribution in [2.75, 3.05) is 31.6 Å². The minimum atomic E-state index is -0.968. The second-order valence-electron chi connectivity index (χ2n) is 8.10. The number of benzene rings is 1. The first-order valence-corrected chi connectivity index (χ1v) is 11.1. The molecule has 2 aliphatic rings. The van der Waals surface area contributed by atoms with E-state index in [0.29, 0.717) is 58.4 Å². The van der Waals surface area contributed by atoms with E-state index in [2.05, 4.69) is 15.2 Å². The third-order valence-corrected chi connectivity index (χ3v) is 7.24. The topological polar surface area (TPSA) is 108 Å². The molecule has 11 heteroatoms. The number of anilines is 1. The Hall–Kier alpha value is -3.17. The van der Waals surface area contributed by atoms with Crippen LogP contribution < -0.4 is 4.90 Å². The smallest absolute Gasteiger partial charge is 0.325 e. The number of pyridine rings is 1. The summed E-state index contributed by atoms with van der Waals surface area (Å²) in [6, 6.07) is 6.71. The summed E-state index contributed by atoms with van der Waals surface area (Å²) in [4.78, 5) is 46.1.